The van der Waals surface area contributed by atoms with Crippen LogP contribution in [0.5, 0.6) is 5.75 Å². The molecular weight excluding hydrogens is 266 g/mol. The lowest BCUT2D eigenvalue weighted by molar-refractivity contribution is -0.131. The van der Waals surface area contributed by atoms with E-state index in [4.69, 9.17) is 5.73 Å². The first kappa shape index (κ1) is 15.8. The van der Waals surface area contributed by atoms with E-state index in [-0.39, 0.29) is 11.7 Å². The molecule has 1 saturated heterocycles. The molecule has 3 N–H and O–H groups in total. The van der Waals surface area contributed by atoms with Gasteiger partial charge >= 0.3 is 0 Å². The van der Waals surface area contributed by atoms with Gasteiger partial charge in [0.25, 0.3) is 0 Å². The van der Waals surface area contributed by atoms with Crippen LogP contribution in [0.15, 0.2) is 24.3 Å². The van der Waals surface area contributed by atoms with Gasteiger partial charge in [-0.05, 0) is 44.1 Å². The number of carbonyl (C=O) groups excluding carboxylic acids is 1. The molecule has 0 spiro atoms. The molecule has 1 aliphatic heterocycles. The topological polar surface area (TPSA) is 69.8 Å². The smallest absolute Gasteiger partial charge is 0.239 e. The Labute approximate surface area is 126 Å². The van der Waals surface area contributed by atoms with Crippen molar-refractivity contribution in [2.75, 3.05) is 27.2 Å². The third-order valence-electron chi connectivity index (χ3n) is 4.26. The molecule has 0 bridgehead atoms. The van der Waals surface area contributed by atoms with Gasteiger partial charge in [-0.2, -0.15) is 0 Å². The fraction of sp³-hybridized carbons (Fsp3) is 0.562. The van der Waals surface area contributed by atoms with Crippen molar-refractivity contribution in [2.45, 2.75) is 25.4 Å². The number of hydrogen-bond acceptors (Lipinski definition) is 4. The fourth-order valence-corrected chi connectivity index (χ4v) is 3.01. The molecule has 21 heavy (non-hydrogen) atoms. The van der Waals surface area contributed by atoms with Gasteiger partial charge in [-0.15, -0.1) is 0 Å². The van der Waals surface area contributed by atoms with E-state index in [1.165, 1.54) is 0 Å². The minimum absolute atomic E-state index is 0.0132. The lowest BCUT2D eigenvalue weighted by atomic mass is 10.1. The highest BCUT2D eigenvalue weighted by Gasteiger charge is 2.35. The quantitative estimate of drug-likeness (QED) is 0.855. The third kappa shape index (κ3) is 3.74. The molecule has 5 nitrogen and oxygen atoms in total. The van der Waals surface area contributed by atoms with Crippen LogP contribution < -0.4 is 5.73 Å². The number of carbonyl (C=O) groups is 1. The largest absolute Gasteiger partial charge is 0.508 e. The van der Waals surface area contributed by atoms with Crippen LogP contribution in [0.4, 0.5) is 0 Å². The summed E-state index contributed by atoms with van der Waals surface area (Å²) in [5.74, 6) is 0.699. The summed E-state index contributed by atoms with van der Waals surface area (Å²) in [5, 5.41) is 9.27. The number of aromatic hydroxyl groups is 1. The van der Waals surface area contributed by atoms with Crippen molar-refractivity contribution in [3.05, 3.63) is 29.8 Å². The molecule has 0 saturated carbocycles. The number of amides is 1. The van der Waals surface area contributed by atoms with Crippen LogP contribution in [0.1, 0.15) is 12.5 Å². The van der Waals surface area contributed by atoms with Gasteiger partial charge in [-0.25, -0.2) is 0 Å². The number of phenolic OH excluding ortho intramolecular Hbond substituents is 1. The maximum Gasteiger partial charge on any atom is 0.239 e. The van der Waals surface area contributed by atoms with E-state index in [1.807, 2.05) is 19.0 Å². The van der Waals surface area contributed by atoms with Gasteiger partial charge in [-0.1, -0.05) is 19.1 Å². The van der Waals surface area contributed by atoms with Crippen molar-refractivity contribution in [3.8, 4) is 5.75 Å². The van der Waals surface area contributed by atoms with Crippen LogP contribution in [-0.4, -0.2) is 60.1 Å². The molecule has 1 aromatic carbocycles. The Hall–Kier alpha value is -1.59. The van der Waals surface area contributed by atoms with Crippen LogP contribution in [0.25, 0.3) is 0 Å². The van der Waals surface area contributed by atoms with E-state index < -0.39 is 6.04 Å². The number of likely N-dealkylation sites (N-methyl/N-ethyl adjacent to an activating group) is 1. The first-order valence-electron chi connectivity index (χ1n) is 7.37. The van der Waals surface area contributed by atoms with E-state index in [2.05, 4.69) is 11.8 Å². The van der Waals surface area contributed by atoms with Gasteiger partial charge in [0.05, 0.1) is 6.04 Å². The third-order valence-corrected chi connectivity index (χ3v) is 4.26. The van der Waals surface area contributed by atoms with E-state index in [1.54, 1.807) is 24.3 Å². The van der Waals surface area contributed by atoms with Crippen molar-refractivity contribution in [1.29, 1.82) is 0 Å². The summed E-state index contributed by atoms with van der Waals surface area (Å²) in [5.41, 5.74) is 7.03. The Balaban J connectivity index is 1.95. The molecule has 0 radical (unpaired) electrons. The highest BCUT2D eigenvalue weighted by atomic mass is 16.3. The molecule has 1 aromatic rings. The molecular formula is C16H25N3O2. The zero-order chi connectivity index (χ0) is 15.6. The molecule has 2 unspecified atom stereocenters. The first-order chi connectivity index (χ1) is 9.88. The van der Waals surface area contributed by atoms with E-state index in [0.717, 1.165) is 18.7 Å². The minimum atomic E-state index is -0.525. The summed E-state index contributed by atoms with van der Waals surface area (Å²) in [7, 11) is 4.09. The minimum Gasteiger partial charge on any atom is -0.508 e. The summed E-state index contributed by atoms with van der Waals surface area (Å²) in [6.07, 6.45) is 0.497. The van der Waals surface area contributed by atoms with Gasteiger partial charge in [0.2, 0.25) is 5.91 Å². The highest BCUT2D eigenvalue weighted by Crippen LogP contribution is 2.21. The van der Waals surface area contributed by atoms with Crippen molar-refractivity contribution in [1.82, 2.24) is 9.80 Å². The second-order valence-electron chi connectivity index (χ2n) is 6.23. The number of nitrogens with zero attached hydrogens (tertiary/aromatic N) is 2. The second kappa shape index (κ2) is 6.45. The Kier molecular flexibility index (Phi) is 4.85. The Morgan fingerprint density at radius 3 is 2.52 bits per heavy atom. The predicted molar refractivity (Wildman–Crippen MR) is 83.0 cm³/mol. The number of benzene rings is 1. The second-order valence-corrected chi connectivity index (χ2v) is 6.23. The number of rotatable bonds is 4. The zero-order valence-electron chi connectivity index (χ0n) is 13.0. The number of nitrogens with two attached hydrogens (primary N) is 1. The van der Waals surface area contributed by atoms with Crippen molar-refractivity contribution >= 4 is 5.91 Å². The molecule has 3 atom stereocenters. The molecule has 2 rings (SSSR count). The summed E-state index contributed by atoms with van der Waals surface area (Å²) in [6.45, 7) is 3.69. The molecule has 116 valence electrons. The van der Waals surface area contributed by atoms with Crippen molar-refractivity contribution < 1.29 is 9.90 Å². The van der Waals surface area contributed by atoms with Gasteiger partial charge in [0, 0.05) is 19.1 Å². The monoisotopic (exact) mass is 291 g/mol. The molecule has 1 amide bonds. The lowest BCUT2D eigenvalue weighted by Gasteiger charge is -2.23. The first-order valence-corrected chi connectivity index (χ1v) is 7.37. The number of likely N-dealkylation sites (tertiary alicyclic amines) is 1. The van der Waals surface area contributed by atoms with E-state index in [9.17, 15) is 9.90 Å². The summed E-state index contributed by atoms with van der Waals surface area (Å²) >= 11 is 0. The Morgan fingerprint density at radius 1 is 1.38 bits per heavy atom. The van der Waals surface area contributed by atoms with E-state index >= 15 is 0 Å². The molecule has 1 fully saturated rings. The zero-order valence-corrected chi connectivity index (χ0v) is 13.0. The molecule has 0 aromatic heterocycles. The van der Waals surface area contributed by atoms with Crippen LogP contribution in [-0.2, 0) is 11.2 Å². The standard InChI is InChI=1S/C16H25N3O2/c1-11-9-19(10-15(11)18(2)3)16(21)14(17)8-12-4-6-13(20)7-5-12/h4-7,11,14-15,20H,8-10,17H2,1-3H3/t11?,14-,15?/m0/s1. The van der Waals surface area contributed by atoms with Crippen molar-refractivity contribution in [2.24, 2.45) is 11.7 Å². The lowest BCUT2D eigenvalue weighted by Crippen LogP contribution is -2.45. The summed E-state index contributed by atoms with van der Waals surface area (Å²) in [6, 6.07) is 6.71. The van der Waals surface area contributed by atoms with Gasteiger partial charge in [0.1, 0.15) is 5.75 Å². The Bertz CT molecular complexity index is 487. The highest BCUT2D eigenvalue weighted by molar-refractivity contribution is 5.82. The van der Waals surface area contributed by atoms with Gasteiger partial charge in [0.15, 0.2) is 0 Å². The fourth-order valence-electron chi connectivity index (χ4n) is 3.01. The maximum absolute atomic E-state index is 12.5. The van der Waals surface area contributed by atoms with E-state index in [0.29, 0.717) is 18.4 Å². The number of hydrogen-bond donors (Lipinski definition) is 2. The SMILES string of the molecule is CC1CN(C(=O)[C@@H](N)Cc2ccc(O)cc2)CC1N(C)C. The van der Waals surface area contributed by atoms with Gasteiger partial charge in [-0.3, -0.25) is 4.79 Å². The summed E-state index contributed by atoms with van der Waals surface area (Å²) < 4.78 is 0. The average molecular weight is 291 g/mol. The van der Waals surface area contributed by atoms with Crippen LogP contribution in [0.2, 0.25) is 0 Å². The maximum atomic E-state index is 12.5. The van der Waals surface area contributed by atoms with Crippen LogP contribution in [0.3, 0.4) is 0 Å². The number of phenols is 1. The predicted octanol–water partition coefficient (Wildman–Crippen LogP) is 0.670. The van der Waals surface area contributed by atoms with Crippen molar-refractivity contribution in [3.63, 3.8) is 0 Å². The molecule has 0 aliphatic carbocycles. The van der Waals surface area contributed by atoms with Crippen LogP contribution >= 0.6 is 0 Å². The van der Waals surface area contributed by atoms with Gasteiger partial charge < -0.3 is 20.6 Å². The van der Waals surface area contributed by atoms with Crippen LogP contribution in [0, 0.1) is 5.92 Å². The molecule has 5 heteroatoms. The summed E-state index contributed by atoms with van der Waals surface area (Å²) in [4.78, 5) is 16.5. The Morgan fingerprint density at radius 2 is 2.00 bits per heavy atom. The average Bonchev–Trinajstić information content (AvgIpc) is 2.82. The molecule has 1 heterocycles. The molecule has 1 aliphatic rings. The normalized spacial score (nSPS) is 23.6.